The van der Waals surface area contributed by atoms with Crippen molar-refractivity contribution in [1.29, 1.82) is 5.26 Å². The van der Waals surface area contributed by atoms with Crippen LogP contribution in [0.4, 0.5) is 4.39 Å². The summed E-state index contributed by atoms with van der Waals surface area (Å²) in [5, 5.41) is 9.50. The largest absolute Gasteiger partial charge is 0.457 e. The van der Waals surface area contributed by atoms with Gasteiger partial charge in [0.15, 0.2) is 0 Å². The van der Waals surface area contributed by atoms with E-state index >= 15 is 0 Å². The fourth-order valence-electron chi connectivity index (χ4n) is 3.02. The molecule has 1 aromatic heterocycles. The SMILES string of the molecule is Cc1cc(/C=C(\C#N)C(=O)OCc2c(F)cccc2Cl)c(C)n1C1CC1. The summed E-state index contributed by atoms with van der Waals surface area (Å²) in [4.78, 5) is 12.2. The molecule has 1 saturated carbocycles. The maximum atomic E-state index is 13.8. The van der Waals surface area contributed by atoms with E-state index in [-0.39, 0.29) is 22.8 Å². The van der Waals surface area contributed by atoms with Crippen molar-refractivity contribution < 1.29 is 13.9 Å². The monoisotopic (exact) mass is 372 g/mol. The minimum Gasteiger partial charge on any atom is -0.457 e. The number of hydrogen-bond donors (Lipinski definition) is 0. The zero-order valence-corrected chi connectivity index (χ0v) is 15.3. The molecule has 3 rings (SSSR count). The number of hydrogen-bond acceptors (Lipinski definition) is 3. The lowest BCUT2D eigenvalue weighted by atomic mass is 10.1. The summed E-state index contributed by atoms with van der Waals surface area (Å²) in [6.07, 6.45) is 3.82. The van der Waals surface area contributed by atoms with Gasteiger partial charge in [0.1, 0.15) is 24.1 Å². The van der Waals surface area contributed by atoms with Crippen LogP contribution in [-0.4, -0.2) is 10.5 Å². The lowest BCUT2D eigenvalue weighted by Crippen LogP contribution is -2.08. The molecule has 0 radical (unpaired) electrons. The van der Waals surface area contributed by atoms with Crippen molar-refractivity contribution >= 4 is 23.6 Å². The Bertz CT molecular complexity index is 916. The van der Waals surface area contributed by atoms with Crippen LogP contribution < -0.4 is 0 Å². The fourth-order valence-corrected chi connectivity index (χ4v) is 3.24. The van der Waals surface area contributed by atoms with Gasteiger partial charge in [-0.05, 0) is 56.5 Å². The number of aromatic nitrogens is 1. The fraction of sp³-hybridized carbons (Fsp3) is 0.300. The van der Waals surface area contributed by atoms with E-state index in [1.54, 1.807) is 0 Å². The molecule has 0 aliphatic heterocycles. The van der Waals surface area contributed by atoms with Crippen molar-refractivity contribution in [3.63, 3.8) is 0 Å². The van der Waals surface area contributed by atoms with E-state index in [2.05, 4.69) is 4.57 Å². The van der Waals surface area contributed by atoms with E-state index in [0.29, 0.717) is 6.04 Å². The Morgan fingerprint density at radius 1 is 1.46 bits per heavy atom. The molecule has 0 N–H and O–H groups in total. The molecule has 4 nitrogen and oxygen atoms in total. The third kappa shape index (κ3) is 3.66. The van der Waals surface area contributed by atoms with Crippen molar-refractivity contribution in [2.24, 2.45) is 0 Å². The molecular weight excluding hydrogens is 355 g/mol. The second-order valence-corrected chi connectivity index (χ2v) is 6.78. The first-order valence-electron chi connectivity index (χ1n) is 8.32. The first kappa shape index (κ1) is 18.2. The van der Waals surface area contributed by atoms with E-state index in [9.17, 15) is 14.4 Å². The Kier molecular flexibility index (Phi) is 5.15. The lowest BCUT2D eigenvalue weighted by Gasteiger charge is -2.08. The summed E-state index contributed by atoms with van der Waals surface area (Å²) in [7, 11) is 0. The molecule has 1 aromatic carbocycles. The number of esters is 1. The lowest BCUT2D eigenvalue weighted by molar-refractivity contribution is -0.139. The number of ether oxygens (including phenoxy) is 1. The van der Waals surface area contributed by atoms with Gasteiger partial charge >= 0.3 is 5.97 Å². The van der Waals surface area contributed by atoms with Gasteiger partial charge in [0.25, 0.3) is 0 Å². The van der Waals surface area contributed by atoms with Gasteiger partial charge in [0.2, 0.25) is 0 Å². The first-order valence-corrected chi connectivity index (χ1v) is 8.70. The van der Waals surface area contributed by atoms with Gasteiger partial charge in [-0.3, -0.25) is 0 Å². The Morgan fingerprint density at radius 3 is 2.81 bits per heavy atom. The van der Waals surface area contributed by atoms with Crippen LogP contribution in [0.15, 0.2) is 29.8 Å². The van der Waals surface area contributed by atoms with Crippen molar-refractivity contribution in [1.82, 2.24) is 4.57 Å². The molecule has 0 spiro atoms. The smallest absolute Gasteiger partial charge is 0.349 e. The van der Waals surface area contributed by atoms with E-state index in [0.717, 1.165) is 29.8 Å². The third-order valence-corrected chi connectivity index (χ3v) is 4.84. The van der Waals surface area contributed by atoms with Crippen LogP contribution in [0.25, 0.3) is 6.08 Å². The van der Waals surface area contributed by atoms with Crippen LogP contribution in [0.5, 0.6) is 0 Å². The van der Waals surface area contributed by atoms with E-state index in [4.69, 9.17) is 16.3 Å². The molecule has 1 heterocycles. The first-order chi connectivity index (χ1) is 12.4. The zero-order chi connectivity index (χ0) is 18.8. The van der Waals surface area contributed by atoms with Crippen LogP contribution >= 0.6 is 11.6 Å². The molecule has 0 unspecified atom stereocenters. The quantitative estimate of drug-likeness (QED) is 0.427. The highest BCUT2D eigenvalue weighted by Gasteiger charge is 2.27. The predicted octanol–water partition coefficient (Wildman–Crippen LogP) is 4.88. The van der Waals surface area contributed by atoms with Crippen molar-refractivity contribution in [2.75, 3.05) is 0 Å². The zero-order valence-electron chi connectivity index (χ0n) is 14.6. The number of rotatable bonds is 5. The van der Waals surface area contributed by atoms with E-state index in [1.165, 1.54) is 24.3 Å². The molecule has 2 aromatic rings. The van der Waals surface area contributed by atoms with E-state index < -0.39 is 11.8 Å². The Hall–Kier alpha value is -2.58. The van der Waals surface area contributed by atoms with Crippen LogP contribution in [0.1, 0.15) is 41.4 Å². The molecule has 0 saturated heterocycles. The Balaban J connectivity index is 1.78. The minimum absolute atomic E-state index is 0.0896. The summed E-state index contributed by atoms with van der Waals surface area (Å²) >= 11 is 5.92. The van der Waals surface area contributed by atoms with Crippen molar-refractivity contribution in [3.05, 3.63) is 63.2 Å². The number of benzene rings is 1. The summed E-state index contributed by atoms with van der Waals surface area (Å²) in [5.41, 5.74) is 2.88. The van der Waals surface area contributed by atoms with Gasteiger partial charge in [-0.15, -0.1) is 0 Å². The number of nitrogens with zero attached hydrogens (tertiary/aromatic N) is 2. The minimum atomic E-state index is -0.803. The molecular formula is C20H18ClFN2O2. The standard InChI is InChI=1S/C20H18ClFN2O2/c1-12-8-14(13(2)24(12)16-6-7-16)9-15(10-23)20(25)26-11-17-18(21)4-3-5-19(17)22/h3-5,8-9,16H,6-7,11H2,1-2H3/b15-9+. The summed E-state index contributed by atoms with van der Waals surface area (Å²) in [6.45, 7) is 3.65. The summed E-state index contributed by atoms with van der Waals surface area (Å²) in [6, 6.07) is 8.56. The molecule has 0 atom stereocenters. The van der Waals surface area contributed by atoms with Crippen LogP contribution in [-0.2, 0) is 16.1 Å². The topological polar surface area (TPSA) is 55.0 Å². The second kappa shape index (κ2) is 7.35. The Morgan fingerprint density at radius 2 is 2.19 bits per heavy atom. The van der Waals surface area contributed by atoms with Gasteiger partial charge in [-0.2, -0.15) is 5.26 Å². The normalized spacial score (nSPS) is 14.2. The maximum Gasteiger partial charge on any atom is 0.349 e. The molecule has 1 aliphatic rings. The van der Waals surface area contributed by atoms with Crippen LogP contribution in [0.3, 0.4) is 0 Å². The summed E-state index contributed by atoms with van der Waals surface area (Å²) in [5.74, 6) is -1.36. The number of aryl methyl sites for hydroxylation is 1. The highest BCUT2D eigenvalue weighted by atomic mass is 35.5. The van der Waals surface area contributed by atoms with Crippen LogP contribution in [0, 0.1) is 31.0 Å². The van der Waals surface area contributed by atoms with Crippen molar-refractivity contribution in [3.8, 4) is 6.07 Å². The molecule has 6 heteroatoms. The molecule has 0 amide bonds. The van der Waals surface area contributed by atoms with Gasteiger partial charge in [0, 0.05) is 23.0 Å². The summed E-state index contributed by atoms with van der Waals surface area (Å²) < 4.78 is 21.1. The molecule has 134 valence electrons. The molecule has 26 heavy (non-hydrogen) atoms. The molecule has 1 fully saturated rings. The maximum absolute atomic E-state index is 13.8. The number of halogens is 2. The molecule has 1 aliphatic carbocycles. The third-order valence-electron chi connectivity index (χ3n) is 4.49. The Labute approximate surface area is 156 Å². The number of carbonyl (C=O) groups excluding carboxylic acids is 1. The molecule has 0 bridgehead atoms. The average molecular weight is 373 g/mol. The predicted molar refractivity (Wildman–Crippen MR) is 97.0 cm³/mol. The van der Waals surface area contributed by atoms with Gasteiger partial charge in [-0.25, -0.2) is 9.18 Å². The van der Waals surface area contributed by atoms with Crippen molar-refractivity contribution in [2.45, 2.75) is 39.3 Å². The highest BCUT2D eigenvalue weighted by Crippen LogP contribution is 2.38. The van der Waals surface area contributed by atoms with Gasteiger partial charge in [0.05, 0.1) is 5.02 Å². The second-order valence-electron chi connectivity index (χ2n) is 6.37. The van der Waals surface area contributed by atoms with Gasteiger partial charge in [-0.1, -0.05) is 17.7 Å². The number of nitriles is 1. The van der Waals surface area contributed by atoms with Gasteiger partial charge < -0.3 is 9.30 Å². The van der Waals surface area contributed by atoms with Crippen LogP contribution in [0.2, 0.25) is 5.02 Å². The highest BCUT2D eigenvalue weighted by molar-refractivity contribution is 6.31. The van der Waals surface area contributed by atoms with E-state index in [1.807, 2.05) is 26.0 Å². The average Bonchev–Trinajstić information content (AvgIpc) is 3.38. The number of carbonyl (C=O) groups is 1.